The molecule has 9 nitrogen and oxygen atoms in total. The summed E-state index contributed by atoms with van der Waals surface area (Å²) in [6, 6.07) is 1.76. The van der Waals surface area contributed by atoms with Gasteiger partial charge in [-0.3, -0.25) is 14.4 Å². The topological polar surface area (TPSA) is 122 Å². The lowest BCUT2D eigenvalue weighted by molar-refractivity contribution is -0.244. The van der Waals surface area contributed by atoms with E-state index in [0.29, 0.717) is 18.4 Å². The molecule has 0 unspecified atom stereocenters. The number of hydrogen-bond acceptors (Lipinski definition) is 9. The Morgan fingerprint density at radius 2 is 1.66 bits per heavy atom. The van der Waals surface area contributed by atoms with Gasteiger partial charge in [0.25, 0.3) is 0 Å². The van der Waals surface area contributed by atoms with Crippen LogP contribution in [-0.4, -0.2) is 47.6 Å². The Hall–Kier alpha value is -2.94. The van der Waals surface area contributed by atoms with Crippen molar-refractivity contribution in [3.63, 3.8) is 0 Å². The summed E-state index contributed by atoms with van der Waals surface area (Å²) in [5.74, 6) is -2.42. The Morgan fingerprint density at radius 3 is 2.29 bits per heavy atom. The number of esters is 3. The molecule has 1 spiro atoms. The predicted molar refractivity (Wildman–Crippen MR) is 130 cm³/mol. The third kappa shape index (κ3) is 3.08. The van der Waals surface area contributed by atoms with Gasteiger partial charge in [-0.2, -0.15) is 0 Å². The number of carbonyl (C=O) groups excluding carboxylic acids is 4. The van der Waals surface area contributed by atoms with Gasteiger partial charge in [0.15, 0.2) is 11.9 Å². The highest BCUT2D eigenvalue weighted by Gasteiger charge is 2.86. The quantitative estimate of drug-likeness (QED) is 0.329. The fraction of sp³-hybridized carbons (Fsp3) is 0.655. The first kappa shape index (κ1) is 25.3. The van der Waals surface area contributed by atoms with Gasteiger partial charge in [0.2, 0.25) is 0 Å². The molecule has 0 bridgehead atoms. The van der Waals surface area contributed by atoms with Gasteiger partial charge < -0.3 is 23.4 Å². The number of rotatable bonds is 3. The molecule has 4 fully saturated rings. The first-order chi connectivity index (χ1) is 17.8. The van der Waals surface area contributed by atoms with Crippen LogP contribution in [-0.2, 0) is 38.1 Å². The van der Waals surface area contributed by atoms with E-state index in [1.165, 1.54) is 20.1 Å². The third-order valence-corrected chi connectivity index (χ3v) is 10.4. The van der Waals surface area contributed by atoms with Crippen molar-refractivity contribution in [2.45, 2.75) is 84.4 Å². The van der Waals surface area contributed by atoms with Crippen LogP contribution in [0.1, 0.15) is 66.1 Å². The summed E-state index contributed by atoms with van der Waals surface area (Å²) in [5.41, 5.74) is -2.48. The van der Waals surface area contributed by atoms with Crippen LogP contribution in [0.15, 0.2) is 35.2 Å². The Morgan fingerprint density at radius 1 is 0.974 bits per heavy atom. The number of hydrogen-bond donors (Lipinski definition) is 0. The van der Waals surface area contributed by atoms with Crippen molar-refractivity contribution in [2.75, 3.05) is 0 Å². The Balaban J connectivity index is 1.58. The molecule has 2 aliphatic heterocycles. The van der Waals surface area contributed by atoms with Crippen molar-refractivity contribution in [1.29, 1.82) is 0 Å². The number of fused-ring (bicyclic) bond motifs is 3. The number of cyclic esters (lactones) is 1. The van der Waals surface area contributed by atoms with Gasteiger partial charge in [0, 0.05) is 42.1 Å². The highest BCUT2D eigenvalue weighted by molar-refractivity contribution is 5.95. The van der Waals surface area contributed by atoms with E-state index in [1.807, 2.05) is 26.8 Å². The number of furan rings is 1. The van der Waals surface area contributed by atoms with Crippen molar-refractivity contribution in [1.82, 2.24) is 0 Å². The number of ketones is 1. The maximum Gasteiger partial charge on any atom is 0.339 e. The van der Waals surface area contributed by atoms with Crippen molar-refractivity contribution in [3.05, 3.63) is 36.3 Å². The number of allylic oxidation sites excluding steroid dienone is 2. The van der Waals surface area contributed by atoms with Crippen LogP contribution in [0.2, 0.25) is 0 Å². The minimum Gasteiger partial charge on any atom is -0.472 e. The van der Waals surface area contributed by atoms with Crippen molar-refractivity contribution in [2.24, 2.45) is 34.0 Å². The van der Waals surface area contributed by atoms with Gasteiger partial charge in [-0.05, 0) is 36.3 Å². The van der Waals surface area contributed by atoms with E-state index in [4.69, 9.17) is 23.4 Å². The number of epoxide rings is 1. The zero-order chi connectivity index (χ0) is 27.4. The molecule has 2 saturated heterocycles. The normalized spacial score (nSPS) is 46.0. The van der Waals surface area contributed by atoms with Gasteiger partial charge in [-0.15, -0.1) is 0 Å². The molecule has 0 N–H and O–H groups in total. The average Bonchev–Trinajstić information content (AvgIpc) is 3.36. The minimum absolute atomic E-state index is 0.00432. The SMILES string of the molecule is CC(=O)O[C@H]1C[C@@]2(C)[C@H](c3ccoc3)OC(=O)[C@H]3O[C@]32[C@@H]2[C@H]1[C@@]1(C)C=CC(=O)C(C)(C)[C@@H]1C[C@H]2OC(C)=O. The van der Waals surface area contributed by atoms with Crippen LogP contribution in [0.3, 0.4) is 0 Å². The summed E-state index contributed by atoms with van der Waals surface area (Å²) in [5, 5.41) is 0. The molecule has 9 heteroatoms. The Bertz CT molecular complexity index is 1250. The summed E-state index contributed by atoms with van der Waals surface area (Å²) in [6.45, 7) is 10.7. The predicted octanol–water partition coefficient (Wildman–Crippen LogP) is 3.71. The first-order valence-electron chi connectivity index (χ1n) is 13.3. The van der Waals surface area contributed by atoms with Crippen molar-refractivity contribution in [3.8, 4) is 0 Å². The number of ether oxygens (including phenoxy) is 4. The van der Waals surface area contributed by atoms with Gasteiger partial charge in [-0.1, -0.05) is 33.8 Å². The molecule has 204 valence electrons. The van der Waals surface area contributed by atoms with Crippen molar-refractivity contribution >= 4 is 23.7 Å². The lowest BCUT2D eigenvalue weighted by Gasteiger charge is -2.65. The van der Waals surface area contributed by atoms with E-state index in [0.717, 1.165) is 0 Å². The molecule has 0 radical (unpaired) electrons. The molecular weight excluding hydrogens is 492 g/mol. The molecule has 0 aromatic carbocycles. The van der Waals surface area contributed by atoms with Crippen LogP contribution in [0, 0.1) is 34.0 Å². The van der Waals surface area contributed by atoms with Crippen molar-refractivity contribution < 1.29 is 42.5 Å². The lowest BCUT2D eigenvalue weighted by atomic mass is 9.40. The highest BCUT2D eigenvalue weighted by atomic mass is 16.7. The van der Waals surface area contributed by atoms with Crippen LogP contribution in [0.25, 0.3) is 0 Å². The monoisotopic (exact) mass is 526 g/mol. The van der Waals surface area contributed by atoms with Gasteiger partial charge in [-0.25, -0.2) is 4.79 Å². The summed E-state index contributed by atoms with van der Waals surface area (Å²) >= 11 is 0. The van der Waals surface area contributed by atoms with E-state index in [1.54, 1.807) is 18.4 Å². The first-order valence-corrected chi connectivity index (χ1v) is 13.3. The largest absolute Gasteiger partial charge is 0.472 e. The molecule has 3 heterocycles. The second-order valence-corrected chi connectivity index (χ2v) is 12.7. The zero-order valence-electron chi connectivity index (χ0n) is 22.5. The Kier molecular flexibility index (Phi) is 5.21. The molecule has 1 aromatic heterocycles. The average molecular weight is 527 g/mol. The van der Waals surface area contributed by atoms with Gasteiger partial charge in [0.1, 0.15) is 23.9 Å². The molecule has 10 atom stereocenters. The standard InChI is InChI=1S/C29H34O9/c1-14(30)35-17-11-19-26(3,4)20(32)7-9-27(19,5)21-18(36-15(2)31)12-28(6)23(16-8-10-34-13-16)37-25(33)24-29(28,38-24)22(17)21/h7-10,13,17-19,21-24H,11-12H2,1-6H3/t17-,18+,19+,21+,22+,23+,24-,27+,28+,29-/m1/s1. The molecule has 6 rings (SSSR count). The molecule has 38 heavy (non-hydrogen) atoms. The second-order valence-electron chi connectivity index (χ2n) is 12.7. The van der Waals surface area contributed by atoms with Crippen LogP contribution >= 0.6 is 0 Å². The molecular formula is C29H34O9. The van der Waals surface area contributed by atoms with E-state index in [2.05, 4.69) is 6.92 Å². The summed E-state index contributed by atoms with van der Waals surface area (Å²) in [6.07, 6.45) is 4.59. The maximum absolute atomic E-state index is 13.3. The molecule has 3 aliphatic carbocycles. The van der Waals surface area contributed by atoms with Gasteiger partial charge >= 0.3 is 17.9 Å². The van der Waals surface area contributed by atoms with E-state index < -0.39 is 70.1 Å². The molecule has 1 aromatic rings. The van der Waals surface area contributed by atoms with E-state index in [9.17, 15) is 19.2 Å². The smallest absolute Gasteiger partial charge is 0.339 e. The Labute approximate surface area is 221 Å². The van der Waals surface area contributed by atoms with Crippen LogP contribution < -0.4 is 0 Å². The summed E-state index contributed by atoms with van der Waals surface area (Å²) < 4.78 is 29.8. The molecule has 2 saturated carbocycles. The molecule has 0 amide bonds. The third-order valence-electron chi connectivity index (χ3n) is 10.4. The van der Waals surface area contributed by atoms with Crippen LogP contribution in [0.4, 0.5) is 0 Å². The van der Waals surface area contributed by atoms with Crippen LogP contribution in [0.5, 0.6) is 0 Å². The minimum atomic E-state index is -1.01. The van der Waals surface area contributed by atoms with E-state index >= 15 is 0 Å². The second kappa shape index (κ2) is 7.81. The fourth-order valence-corrected chi connectivity index (χ4v) is 8.90. The summed E-state index contributed by atoms with van der Waals surface area (Å²) in [7, 11) is 0. The summed E-state index contributed by atoms with van der Waals surface area (Å²) in [4.78, 5) is 51.3. The number of carbonyl (C=O) groups is 4. The van der Waals surface area contributed by atoms with Gasteiger partial charge in [0.05, 0.1) is 12.5 Å². The highest BCUT2D eigenvalue weighted by Crippen LogP contribution is 2.75. The fourth-order valence-electron chi connectivity index (χ4n) is 8.90. The maximum atomic E-state index is 13.3. The molecule has 5 aliphatic rings. The zero-order valence-corrected chi connectivity index (χ0v) is 22.5. The lowest BCUT2D eigenvalue weighted by Crippen LogP contribution is -2.71. The van der Waals surface area contributed by atoms with E-state index in [-0.39, 0.29) is 17.6 Å².